The van der Waals surface area contributed by atoms with Crippen LogP contribution in [0.4, 0.5) is 0 Å². The molecule has 1 heterocycles. The van der Waals surface area contributed by atoms with Crippen LogP contribution in [0, 0.1) is 0 Å². The number of tetrazole rings is 1. The standard InChI is InChI=1S/C16H23N5O3S/c1-10(2)21-16(18-19-20-21)25-11(3)15(22)17-9-12-6-7-13(23-4)14(8-12)24-5/h6-8,10-11H,9H2,1-5H3,(H,17,22)/t11-/m1/s1. The summed E-state index contributed by atoms with van der Waals surface area (Å²) in [7, 11) is 3.17. The lowest BCUT2D eigenvalue weighted by Crippen LogP contribution is -2.30. The summed E-state index contributed by atoms with van der Waals surface area (Å²) in [5.74, 6) is 1.20. The highest BCUT2D eigenvalue weighted by Crippen LogP contribution is 2.27. The quantitative estimate of drug-likeness (QED) is 0.716. The number of thioether (sulfide) groups is 1. The third-order valence-electron chi connectivity index (χ3n) is 3.52. The van der Waals surface area contributed by atoms with Crippen LogP contribution in [0.2, 0.25) is 0 Å². The number of nitrogens with zero attached hydrogens (tertiary/aromatic N) is 4. The molecule has 8 nitrogen and oxygen atoms in total. The van der Waals surface area contributed by atoms with Gasteiger partial charge in [0.15, 0.2) is 11.5 Å². The van der Waals surface area contributed by atoms with Crippen molar-refractivity contribution < 1.29 is 14.3 Å². The van der Waals surface area contributed by atoms with Crippen molar-refractivity contribution in [3.05, 3.63) is 23.8 Å². The van der Waals surface area contributed by atoms with E-state index >= 15 is 0 Å². The van der Waals surface area contributed by atoms with Gasteiger partial charge < -0.3 is 14.8 Å². The molecule has 2 aromatic rings. The zero-order valence-corrected chi connectivity index (χ0v) is 15.8. The smallest absolute Gasteiger partial charge is 0.233 e. The molecule has 0 radical (unpaired) electrons. The predicted octanol–water partition coefficient (Wildman–Crippen LogP) is 2.07. The molecule has 0 unspecified atom stereocenters. The van der Waals surface area contributed by atoms with Crippen LogP contribution in [0.3, 0.4) is 0 Å². The summed E-state index contributed by atoms with van der Waals surface area (Å²) < 4.78 is 12.2. The van der Waals surface area contributed by atoms with E-state index in [-0.39, 0.29) is 17.2 Å². The average Bonchev–Trinajstić information content (AvgIpc) is 3.07. The fraction of sp³-hybridized carbons (Fsp3) is 0.500. The fourth-order valence-electron chi connectivity index (χ4n) is 2.12. The van der Waals surface area contributed by atoms with Gasteiger partial charge in [0.2, 0.25) is 11.1 Å². The zero-order chi connectivity index (χ0) is 18.4. The van der Waals surface area contributed by atoms with Crippen molar-refractivity contribution in [2.45, 2.75) is 43.8 Å². The molecule has 1 aromatic carbocycles. The number of aromatic nitrogens is 4. The second-order valence-electron chi connectivity index (χ2n) is 5.67. The van der Waals surface area contributed by atoms with Gasteiger partial charge in [0.25, 0.3) is 0 Å². The molecule has 1 amide bonds. The Hall–Kier alpha value is -2.29. The topological polar surface area (TPSA) is 91.2 Å². The highest BCUT2D eigenvalue weighted by molar-refractivity contribution is 8.00. The Labute approximate surface area is 151 Å². The van der Waals surface area contributed by atoms with E-state index in [1.54, 1.807) is 18.9 Å². The summed E-state index contributed by atoms with van der Waals surface area (Å²) in [5.41, 5.74) is 0.926. The third kappa shape index (κ3) is 4.85. The van der Waals surface area contributed by atoms with Crippen molar-refractivity contribution >= 4 is 17.7 Å². The Morgan fingerprint density at radius 2 is 1.96 bits per heavy atom. The van der Waals surface area contributed by atoms with Gasteiger partial charge in [-0.15, -0.1) is 5.10 Å². The maximum atomic E-state index is 12.3. The zero-order valence-electron chi connectivity index (χ0n) is 15.0. The summed E-state index contributed by atoms with van der Waals surface area (Å²) in [6, 6.07) is 5.68. The number of hydrogen-bond acceptors (Lipinski definition) is 7. The SMILES string of the molecule is COc1ccc(CNC(=O)[C@@H](C)Sc2nnnn2C(C)C)cc1OC. The number of nitrogens with one attached hydrogen (secondary N) is 1. The first-order chi connectivity index (χ1) is 12.0. The van der Waals surface area contributed by atoms with Gasteiger partial charge in [-0.05, 0) is 48.9 Å². The second-order valence-corrected chi connectivity index (χ2v) is 6.97. The maximum Gasteiger partial charge on any atom is 0.233 e. The molecule has 1 aromatic heterocycles. The maximum absolute atomic E-state index is 12.3. The largest absolute Gasteiger partial charge is 0.493 e. The van der Waals surface area contributed by atoms with Gasteiger partial charge in [0, 0.05) is 6.54 Å². The van der Waals surface area contributed by atoms with Gasteiger partial charge in [0.05, 0.1) is 25.5 Å². The Bertz CT molecular complexity index is 720. The molecular weight excluding hydrogens is 342 g/mol. The number of hydrogen-bond donors (Lipinski definition) is 1. The van der Waals surface area contributed by atoms with Crippen molar-refractivity contribution in [1.29, 1.82) is 0 Å². The minimum Gasteiger partial charge on any atom is -0.493 e. The Morgan fingerprint density at radius 3 is 2.60 bits per heavy atom. The van der Waals surface area contributed by atoms with Crippen LogP contribution in [0.25, 0.3) is 0 Å². The van der Waals surface area contributed by atoms with Crippen LogP contribution >= 0.6 is 11.8 Å². The summed E-state index contributed by atoms with van der Waals surface area (Å²) >= 11 is 1.33. The first kappa shape index (κ1) is 19.0. The van der Waals surface area contributed by atoms with Gasteiger partial charge in [-0.25, -0.2) is 4.68 Å². The monoisotopic (exact) mass is 365 g/mol. The average molecular weight is 365 g/mol. The van der Waals surface area contributed by atoms with Crippen LogP contribution in [-0.2, 0) is 11.3 Å². The van der Waals surface area contributed by atoms with Crippen LogP contribution in [0.1, 0.15) is 32.4 Å². The van der Waals surface area contributed by atoms with Gasteiger partial charge in [-0.1, -0.05) is 17.8 Å². The van der Waals surface area contributed by atoms with Gasteiger partial charge >= 0.3 is 0 Å². The Kier molecular flexibility index (Phi) is 6.63. The van der Waals surface area contributed by atoms with Crippen LogP contribution in [-0.4, -0.2) is 45.6 Å². The number of rotatable bonds is 8. The lowest BCUT2D eigenvalue weighted by atomic mass is 10.2. The minimum absolute atomic E-state index is 0.0851. The van der Waals surface area contributed by atoms with E-state index in [1.807, 2.05) is 39.0 Å². The molecule has 0 aliphatic carbocycles. The molecule has 1 N–H and O–H groups in total. The lowest BCUT2D eigenvalue weighted by molar-refractivity contribution is -0.120. The molecular formula is C16H23N5O3S. The number of benzene rings is 1. The van der Waals surface area contributed by atoms with Crippen LogP contribution in [0.5, 0.6) is 11.5 Å². The highest BCUT2D eigenvalue weighted by atomic mass is 32.2. The Balaban J connectivity index is 1.94. The van der Waals surface area contributed by atoms with Crippen molar-refractivity contribution in [2.75, 3.05) is 14.2 Å². The lowest BCUT2D eigenvalue weighted by Gasteiger charge is -2.14. The molecule has 0 saturated heterocycles. The number of methoxy groups -OCH3 is 2. The van der Waals surface area contributed by atoms with E-state index in [1.165, 1.54) is 11.8 Å². The van der Waals surface area contributed by atoms with E-state index < -0.39 is 0 Å². The molecule has 2 rings (SSSR count). The summed E-state index contributed by atoms with van der Waals surface area (Å²) in [6.07, 6.45) is 0. The van der Waals surface area contributed by atoms with Crippen LogP contribution < -0.4 is 14.8 Å². The van der Waals surface area contributed by atoms with E-state index in [0.29, 0.717) is 23.2 Å². The fourth-order valence-corrected chi connectivity index (χ4v) is 3.07. The highest BCUT2D eigenvalue weighted by Gasteiger charge is 2.19. The predicted molar refractivity (Wildman–Crippen MR) is 94.9 cm³/mol. The molecule has 0 saturated carbocycles. The van der Waals surface area contributed by atoms with Crippen molar-refractivity contribution in [3.8, 4) is 11.5 Å². The number of amides is 1. The van der Waals surface area contributed by atoms with Crippen molar-refractivity contribution in [3.63, 3.8) is 0 Å². The first-order valence-electron chi connectivity index (χ1n) is 7.89. The number of carbonyl (C=O) groups excluding carboxylic acids is 1. The summed E-state index contributed by atoms with van der Waals surface area (Å²) in [6.45, 7) is 6.21. The normalized spacial score (nSPS) is 12.1. The molecule has 0 aliphatic heterocycles. The van der Waals surface area contributed by atoms with Gasteiger partial charge in [0.1, 0.15) is 0 Å². The van der Waals surface area contributed by atoms with Gasteiger partial charge in [-0.2, -0.15) is 0 Å². The molecule has 0 fully saturated rings. The molecule has 0 aliphatic rings. The molecule has 0 spiro atoms. The van der Waals surface area contributed by atoms with Gasteiger partial charge in [-0.3, -0.25) is 4.79 Å². The van der Waals surface area contributed by atoms with E-state index in [0.717, 1.165) is 5.56 Å². The molecule has 0 bridgehead atoms. The number of ether oxygens (including phenoxy) is 2. The summed E-state index contributed by atoms with van der Waals surface area (Å²) in [4.78, 5) is 12.3. The Morgan fingerprint density at radius 1 is 1.24 bits per heavy atom. The van der Waals surface area contributed by atoms with Crippen molar-refractivity contribution in [2.24, 2.45) is 0 Å². The molecule has 9 heteroatoms. The van der Waals surface area contributed by atoms with Crippen LogP contribution in [0.15, 0.2) is 23.4 Å². The summed E-state index contributed by atoms with van der Waals surface area (Å²) in [5, 5.41) is 14.8. The minimum atomic E-state index is -0.316. The van der Waals surface area contributed by atoms with E-state index in [2.05, 4.69) is 20.8 Å². The van der Waals surface area contributed by atoms with Crippen molar-refractivity contribution in [1.82, 2.24) is 25.5 Å². The third-order valence-corrected chi connectivity index (χ3v) is 4.57. The second kappa shape index (κ2) is 8.70. The molecule has 25 heavy (non-hydrogen) atoms. The van der Waals surface area contributed by atoms with E-state index in [9.17, 15) is 4.79 Å². The number of carbonyl (C=O) groups is 1. The molecule has 136 valence electrons. The first-order valence-corrected chi connectivity index (χ1v) is 8.77. The molecule has 1 atom stereocenters. The van der Waals surface area contributed by atoms with E-state index in [4.69, 9.17) is 9.47 Å².